The first-order chi connectivity index (χ1) is 19.2. The highest BCUT2D eigenvalue weighted by molar-refractivity contribution is 5.87. The van der Waals surface area contributed by atoms with E-state index in [1.165, 1.54) is 13.8 Å². The molecule has 2 aromatic carbocycles. The van der Waals surface area contributed by atoms with Crippen molar-refractivity contribution in [2.24, 2.45) is 11.5 Å². The summed E-state index contributed by atoms with van der Waals surface area (Å²) in [6.07, 6.45) is -7.96. The summed E-state index contributed by atoms with van der Waals surface area (Å²) in [6.45, 7) is 6.76. The monoisotopic (exact) mass is 598 g/mol. The van der Waals surface area contributed by atoms with E-state index >= 15 is 0 Å². The standard InChI is InChI=1S/C30H36F6N4O2/c1-16-5-6-22(17(2)11-16)24-15-28(8-7-23(39-28)25(37)41)9-10-40(24)26(42)27(4,38)18(3)19-12-20(29(31,32)33)14-21(13-19)30(34,35)36/h5-6,11-14,18,23-24,39H,7-10,15,38H2,1-4H3,(H2,37,41)/t18-,23-,24-,27?,28+/m1/s1. The first kappa shape index (κ1) is 31.8. The average molecular weight is 599 g/mol. The fourth-order valence-corrected chi connectivity index (χ4v) is 6.37. The van der Waals surface area contributed by atoms with Crippen LogP contribution in [0.15, 0.2) is 36.4 Å². The summed E-state index contributed by atoms with van der Waals surface area (Å²) in [7, 11) is 0. The van der Waals surface area contributed by atoms with Crippen LogP contribution >= 0.6 is 0 Å². The molecule has 5 atom stereocenters. The van der Waals surface area contributed by atoms with E-state index < -0.39 is 64.4 Å². The summed E-state index contributed by atoms with van der Waals surface area (Å²) in [5.74, 6) is -2.26. The topological polar surface area (TPSA) is 101 Å². The predicted molar refractivity (Wildman–Crippen MR) is 145 cm³/mol. The molecule has 6 nitrogen and oxygen atoms in total. The van der Waals surface area contributed by atoms with Gasteiger partial charge in [0.2, 0.25) is 11.8 Å². The number of primary amides is 1. The van der Waals surface area contributed by atoms with E-state index in [1.54, 1.807) is 4.90 Å². The average Bonchev–Trinajstić information content (AvgIpc) is 3.30. The first-order valence-corrected chi connectivity index (χ1v) is 13.8. The number of carbonyl (C=O) groups excluding carboxylic acids is 2. The zero-order valence-corrected chi connectivity index (χ0v) is 23.9. The summed E-state index contributed by atoms with van der Waals surface area (Å²) >= 11 is 0. The van der Waals surface area contributed by atoms with Gasteiger partial charge in [0.1, 0.15) is 0 Å². The van der Waals surface area contributed by atoms with Gasteiger partial charge in [-0.15, -0.1) is 0 Å². The SMILES string of the molecule is Cc1ccc([C@H]2C[C@]3(CC[C@H](C(N)=O)N3)CCN2C(=O)C(C)(N)[C@H](C)c2cc(C(F)(F)F)cc(C(F)(F)F)c2)c(C)c1. The molecular weight excluding hydrogens is 562 g/mol. The second-order valence-corrected chi connectivity index (χ2v) is 12.1. The summed E-state index contributed by atoms with van der Waals surface area (Å²) in [6, 6.07) is 6.08. The van der Waals surface area contributed by atoms with E-state index in [9.17, 15) is 35.9 Å². The second-order valence-electron chi connectivity index (χ2n) is 12.1. The quantitative estimate of drug-likeness (QED) is 0.396. The largest absolute Gasteiger partial charge is 0.416 e. The van der Waals surface area contributed by atoms with Crippen LogP contribution in [-0.2, 0) is 21.9 Å². The van der Waals surface area contributed by atoms with Crippen LogP contribution in [0.2, 0.25) is 0 Å². The Bertz CT molecular complexity index is 1340. The van der Waals surface area contributed by atoms with E-state index in [-0.39, 0.29) is 18.2 Å². The number of piperidine rings is 1. The molecule has 1 spiro atoms. The molecule has 2 heterocycles. The zero-order valence-electron chi connectivity index (χ0n) is 23.9. The summed E-state index contributed by atoms with van der Waals surface area (Å²) in [4.78, 5) is 27.7. The van der Waals surface area contributed by atoms with Crippen molar-refractivity contribution in [3.05, 3.63) is 69.8 Å². The van der Waals surface area contributed by atoms with E-state index in [0.29, 0.717) is 37.8 Å². The third-order valence-electron chi connectivity index (χ3n) is 9.04. The van der Waals surface area contributed by atoms with Crippen LogP contribution in [0.4, 0.5) is 26.3 Å². The van der Waals surface area contributed by atoms with Gasteiger partial charge in [-0.05, 0) is 81.3 Å². The number of alkyl halides is 6. The van der Waals surface area contributed by atoms with E-state index in [1.807, 2.05) is 32.0 Å². The van der Waals surface area contributed by atoms with Gasteiger partial charge in [-0.1, -0.05) is 30.7 Å². The Morgan fingerprint density at radius 2 is 1.60 bits per heavy atom. The van der Waals surface area contributed by atoms with Crippen LogP contribution in [0.3, 0.4) is 0 Å². The Balaban J connectivity index is 1.73. The molecule has 2 aliphatic heterocycles. The van der Waals surface area contributed by atoms with Crippen LogP contribution < -0.4 is 16.8 Å². The lowest BCUT2D eigenvalue weighted by atomic mass is 9.76. The van der Waals surface area contributed by atoms with Crippen LogP contribution in [0.5, 0.6) is 0 Å². The van der Waals surface area contributed by atoms with Gasteiger partial charge in [0.05, 0.1) is 28.7 Å². The summed E-state index contributed by atoms with van der Waals surface area (Å²) < 4.78 is 81.4. The van der Waals surface area contributed by atoms with Gasteiger partial charge >= 0.3 is 12.4 Å². The van der Waals surface area contributed by atoms with Crippen molar-refractivity contribution in [2.75, 3.05) is 6.54 Å². The number of hydrogen-bond acceptors (Lipinski definition) is 4. The van der Waals surface area contributed by atoms with Gasteiger partial charge < -0.3 is 21.7 Å². The number of nitrogens with one attached hydrogen (secondary N) is 1. The van der Waals surface area contributed by atoms with Crippen molar-refractivity contribution in [1.29, 1.82) is 0 Å². The Morgan fingerprint density at radius 1 is 1.00 bits per heavy atom. The normalized spacial score (nSPS) is 25.4. The maximum Gasteiger partial charge on any atom is 0.416 e. The molecule has 0 bridgehead atoms. The number of hydrogen-bond donors (Lipinski definition) is 3. The first-order valence-electron chi connectivity index (χ1n) is 13.8. The Morgan fingerprint density at radius 3 is 2.10 bits per heavy atom. The molecule has 2 saturated heterocycles. The summed E-state index contributed by atoms with van der Waals surface area (Å²) in [5, 5.41) is 3.37. The number of nitrogens with zero attached hydrogens (tertiary/aromatic N) is 1. The predicted octanol–water partition coefficient (Wildman–Crippen LogP) is 5.50. The van der Waals surface area contributed by atoms with Crippen LogP contribution in [0.1, 0.15) is 84.9 Å². The third-order valence-corrected chi connectivity index (χ3v) is 9.04. The molecule has 2 amide bonds. The number of nitrogens with two attached hydrogens (primary N) is 2. The minimum Gasteiger partial charge on any atom is -0.368 e. The maximum absolute atomic E-state index is 14.2. The van der Waals surface area contributed by atoms with Crippen molar-refractivity contribution < 1.29 is 35.9 Å². The van der Waals surface area contributed by atoms with Gasteiger partial charge in [0.15, 0.2) is 0 Å². The fraction of sp³-hybridized carbons (Fsp3) is 0.533. The molecule has 0 saturated carbocycles. The zero-order chi connectivity index (χ0) is 31.4. The number of likely N-dealkylation sites (tertiary alicyclic amines) is 1. The van der Waals surface area contributed by atoms with Crippen molar-refractivity contribution in [1.82, 2.24) is 10.2 Å². The minimum atomic E-state index is -5.03. The smallest absolute Gasteiger partial charge is 0.368 e. The minimum absolute atomic E-state index is 0.0557. The Hall–Kier alpha value is -3.12. The van der Waals surface area contributed by atoms with Crippen LogP contribution in [-0.4, -0.2) is 40.4 Å². The van der Waals surface area contributed by atoms with Gasteiger partial charge in [0.25, 0.3) is 0 Å². The molecule has 4 rings (SSSR count). The number of amides is 2. The van der Waals surface area contributed by atoms with Gasteiger partial charge in [-0.25, -0.2) is 0 Å². The van der Waals surface area contributed by atoms with Gasteiger partial charge in [-0.2, -0.15) is 26.3 Å². The Kier molecular flexibility index (Phi) is 8.22. The molecule has 1 unspecified atom stereocenters. The van der Waals surface area contributed by atoms with E-state index in [0.717, 1.165) is 16.7 Å². The second kappa shape index (κ2) is 10.9. The van der Waals surface area contributed by atoms with Gasteiger partial charge in [-0.3, -0.25) is 9.59 Å². The number of benzene rings is 2. The molecule has 42 heavy (non-hydrogen) atoms. The van der Waals surface area contributed by atoms with E-state index in [4.69, 9.17) is 11.5 Å². The summed E-state index contributed by atoms with van der Waals surface area (Å²) in [5.41, 5.74) is 9.28. The van der Waals surface area contributed by atoms with Gasteiger partial charge in [0, 0.05) is 18.0 Å². The van der Waals surface area contributed by atoms with Crippen molar-refractivity contribution in [3.63, 3.8) is 0 Å². The molecule has 0 aliphatic carbocycles. The molecule has 0 aromatic heterocycles. The molecule has 5 N–H and O–H groups in total. The number of halogens is 6. The molecule has 2 aromatic rings. The van der Waals surface area contributed by atoms with Crippen molar-refractivity contribution >= 4 is 11.8 Å². The molecular formula is C30H36F6N4O2. The van der Waals surface area contributed by atoms with Crippen molar-refractivity contribution in [2.45, 2.75) is 94.8 Å². The lowest BCUT2D eigenvalue weighted by molar-refractivity contribution is -0.143. The lowest BCUT2D eigenvalue weighted by Crippen LogP contribution is -2.61. The number of aryl methyl sites for hydroxylation is 2. The maximum atomic E-state index is 14.2. The van der Waals surface area contributed by atoms with Crippen molar-refractivity contribution in [3.8, 4) is 0 Å². The molecule has 0 radical (unpaired) electrons. The highest BCUT2D eigenvalue weighted by Gasteiger charge is 2.50. The number of carbonyl (C=O) groups is 2. The number of rotatable bonds is 5. The molecule has 2 fully saturated rings. The Labute approximate surface area is 240 Å². The third kappa shape index (κ3) is 6.15. The molecule has 230 valence electrons. The fourth-order valence-electron chi connectivity index (χ4n) is 6.37. The molecule has 12 heteroatoms. The lowest BCUT2D eigenvalue weighted by Gasteiger charge is -2.48. The van der Waals surface area contributed by atoms with Crippen LogP contribution in [0, 0.1) is 13.8 Å². The molecule has 2 aliphatic rings. The highest BCUT2D eigenvalue weighted by atomic mass is 19.4. The van der Waals surface area contributed by atoms with E-state index in [2.05, 4.69) is 5.32 Å². The van der Waals surface area contributed by atoms with Crippen LogP contribution in [0.25, 0.3) is 0 Å². The highest BCUT2D eigenvalue weighted by Crippen LogP contribution is 2.45.